The molecule has 0 aliphatic carbocycles. The monoisotopic (exact) mass is 486 g/mol. The van der Waals surface area contributed by atoms with Crippen molar-refractivity contribution in [3.8, 4) is 5.69 Å². The van der Waals surface area contributed by atoms with Crippen molar-refractivity contribution >= 4 is 17.7 Å². The molecule has 0 radical (unpaired) electrons. The Bertz CT molecular complexity index is 989. The third kappa shape index (κ3) is 6.74. The van der Waals surface area contributed by atoms with Crippen LogP contribution >= 0.6 is 11.8 Å². The standard InChI is InChI=1S/C28H42N2O3S/c1-8-23-15-11-12-16-24(23)30-25(31)22(6)19-29-27(30)34-18-14-10-9-13-17-33-26(32)28(7,20(2)3)21(4)5/h11-12,15-16,19-21H,8-10,13-14,17-18H2,1-7H3. The molecule has 0 N–H and O–H groups in total. The summed E-state index contributed by atoms with van der Waals surface area (Å²) in [6.07, 6.45) is 6.50. The SMILES string of the molecule is CCc1ccccc1-n1c(SCCCCCCOC(=O)C(C)(C(C)C)C(C)C)ncc(C)c1=O. The van der Waals surface area contributed by atoms with Crippen molar-refractivity contribution in [2.75, 3.05) is 12.4 Å². The van der Waals surface area contributed by atoms with E-state index in [2.05, 4.69) is 45.7 Å². The molecule has 0 aliphatic rings. The molecule has 1 aromatic heterocycles. The summed E-state index contributed by atoms with van der Waals surface area (Å²) in [6, 6.07) is 8.04. The van der Waals surface area contributed by atoms with E-state index in [9.17, 15) is 9.59 Å². The summed E-state index contributed by atoms with van der Waals surface area (Å²) in [5.41, 5.74) is 2.26. The zero-order valence-electron chi connectivity index (χ0n) is 22.0. The number of carbonyl (C=O) groups is 1. The summed E-state index contributed by atoms with van der Waals surface area (Å²) in [5, 5.41) is 0.743. The first-order chi connectivity index (χ1) is 16.1. The first-order valence-corrected chi connectivity index (χ1v) is 13.6. The third-order valence-electron chi connectivity index (χ3n) is 7.06. The van der Waals surface area contributed by atoms with Gasteiger partial charge in [0.1, 0.15) is 0 Å². The molecule has 0 atom stereocenters. The van der Waals surface area contributed by atoms with E-state index >= 15 is 0 Å². The fourth-order valence-corrected chi connectivity index (χ4v) is 5.02. The van der Waals surface area contributed by atoms with Crippen LogP contribution in [-0.4, -0.2) is 27.9 Å². The number of nitrogens with zero attached hydrogens (tertiary/aromatic N) is 2. The van der Waals surface area contributed by atoms with E-state index in [0.29, 0.717) is 12.2 Å². The molecule has 0 saturated carbocycles. The average Bonchev–Trinajstić information content (AvgIpc) is 2.81. The van der Waals surface area contributed by atoms with Crippen LogP contribution in [0, 0.1) is 24.2 Å². The summed E-state index contributed by atoms with van der Waals surface area (Å²) in [7, 11) is 0. The Hall–Kier alpha value is -2.08. The minimum Gasteiger partial charge on any atom is -0.465 e. The lowest BCUT2D eigenvalue weighted by molar-refractivity contribution is -0.161. The predicted molar refractivity (Wildman–Crippen MR) is 142 cm³/mol. The van der Waals surface area contributed by atoms with E-state index in [1.807, 2.05) is 32.0 Å². The second-order valence-electron chi connectivity index (χ2n) is 9.84. The molecule has 5 nitrogen and oxygen atoms in total. The largest absolute Gasteiger partial charge is 0.465 e. The zero-order valence-corrected chi connectivity index (χ0v) is 22.8. The highest BCUT2D eigenvalue weighted by Gasteiger charge is 2.41. The number of unbranched alkanes of at least 4 members (excludes halogenated alkanes) is 3. The van der Waals surface area contributed by atoms with Gasteiger partial charge in [0, 0.05) is 17.5 Å². The molecule has 188 valence electrons. The minimum atomic E-state index is -0.441. The van der Waals surface area contributed by atoms with Crippen molar-refractivity contribution in [3.05, 3.63) is 51.9 Å². The van der Waals surface area contributed by atoms with Crippen molar-refractivity contribution in [1.29, 1.82) is 0 Å². The van der Waals surface area contributed by atoms with Crippen molar-refractivity contribution in [1.82, 2.24) is 9.55 Å². The second-order valence-corrected chi connectivity index (χ2v) is 10.9. The van der Waals surface area contributed by atoms with Gasteiger partial charge in [0.2, 0.25) is 0 Å². The number of esters is 1. The van der Waals surface area contributed by atoms with Crippen molar-refractivity contribution < 1.29 is 9.53 Å². The van der Waals surface area contributed by atoms with Crippen LogP contribution in [-0.2, 0) is 16.0 Å². The van der Waals surface area contributed by atoms with Crippen LogP contribution in [0.25, 0.3) is 5.69 Å². The summed E-state index contributed by atoms with van der Waals surface area (Å²) in [5.74, 6) is 1.30. The van der Waals surface area contributed by atoms with E-state index in [4.69, 9.17) is 4.74 Å². The zero-order chi connectivity index (χ0) is 25.3. The average molecular weight is 487 g/mol. The number of benzene rings is 1. The lowest BCUT2D eigenvalue weighted by Crippen LogP contribution is -2.39. The number of aryl methyl sites for hydroxylation is 2. The summed E-state index contributed by atoms with van der Waals surface area (Å²) in [6.45, 7) is 14.7. The Morgan fingerprint density at radius 3 is 2.38 bits per heavy atom. The van der Waals surface area contributed by atoms with Gasteiger partial charge in [0.25, 0.3) is 5.56 Å². The number of hydrogen-bond donors (Lipinski definition) is 0. The molecule has 0 unspecified atom stereocenters. The molecule has 1 aromatic carbocycles. The van der Waals surface area contributed by atoms with Crippen LogP contribution < -0.4 is 5.56 Å². The molecule has 0 fully saturated rings. The van der Waals surface area contributed by atoms with Gasteiger partial charge < -0.3 is 4.74 Å². The van der Waals surface area contributed by atoms with Crippen LogP contribution in [0.15, 0.2) is 40.4 Å². The molecule has 2 rings (SSSR count). The van der Waals surface area contributed by atoms with Crippen molar-refractivity contribution in [2.45, 2.75) is 85.7 Å². The molecule has 2 aromatic rings. The molecule has 0 spiro atoms. The van der Waals surface area contributed by atoms with Gasteiger partial charge in [-0.3, -0.25) is 14.2 Å². The van der Waals surface area contributed by atoms with Gasteiger partial charge in [-0.15, -0.1) is 0 Å². The van der Waals surface area contributed by atoms with E-state index in [-0.39, 0.29) is 23.4 Å². The molecule has 6 heteroatoms. The lowest BCUT2D eigenvalue weighted by Gasteiger charge is -2.35. The Morgan fingerprint density at radius 2 is 1.74 bits per heavy atom. The summed E-state index contributed by atoms with van der Waals surface area (Å²) < 4.78 is 7.39. The summed E-state index contributed by atoms with van der Waals surface area (Å²) >= 11 is 1.63. The topological polar surface area (TPSA) is 61.2 Å². The van der Waals surface area contributed by atoms with Gasteiger partial charge in [-0.1, -0.05) is 77.4 Å². The van der Waals surface area contributed by atoms with E-state index < -0.39 is 5.41 Å². The smallest absolute Gasteiger partial charge is 0.312 e. The van der Waals surface area contributed by atoms with Crippen LogP contribution in [0.5, 0.6) is 0 Å². The van der Waals surface area contributed by atoms with Crippen LogP contribution in [0.1, 0.15) is 78.4 Å². The van der Waals surface area contributed by atoms with Crippen molar-refractivity contribution in [2.24, 2.45) is 17.3 Å². The highest BCUT2D eigenvalue weighted by atomic mass is 32.2. The summed E-state index contributed by atoms with van der Waals surface area (Å²) in [4.78, 5) is 30.1. The van der Waals surface area contributed by atoms with Crippen LogP contribution in [0.2, 0.25) is 0 Å². The predicted octanol–water partition coefficient (Wildman–Crippen LogP) is 6.62. The Labute approximate surface area is 209 Å². The first kappa shape index (κ1) is 28.2. The second kappa shape index (κ2) is 13.1. The molecule has 0 amide bonds. The number of carbonyl (C=O) groups excluding carboxylic acids is 1. The van der Waals surface area contributed by atoms with Crippen LogP contribution in [0.3, 0.4) is 0 Å². The van der Waals surface area contributed by atoms with Gasteiger partial charge in [0.05, 0.1) is 17.7 Å². The minimum absolute atomic E-state index is 0.00462. The van der Waals surface area contributed by atoms with Gasteiger partial charge in [0.15, 0.2) is 5.16 Å². The normalized spacial score (nSPS) is 11.9. The van der Waals surface area contributed by atoms with E-state index in [1.165, 1.54) is 0 Å². The van der Waals surface area contributed by atoms with Gasteiger partial charge in [-0.05, 0) is 56.6 Å². The molecular formula is C28H42N2O3S. The van der Waals surface area contributed by atoms with E-state index in [1.54, 1.807) is 22.5 Å². The Balaban J connectivity index is 1.85. The highest BCUT2D eigenvalue weighted by molar-refractivity contribution is 7.99. The van der Waals surface area contributed by atoms with Gasteiger partial charge in [-0.25, -0.2) is 4.98 Å². The molecule has 0 bridgehead atoms. The van der Waals surface area contributed by atoms with Gasteiger partial charge in [-0.2, -0.15) is 0 Å². The fourth-order valence-electron chi connectivity index (χ4n) is 4.05. The van der Waals surface area contributed by atoms with Gasteiger partial charge >= 0.3 is 5.97 Å². The lowest BCUT2D eigenvalue weighted by atomic mass is 9.70. The molecule has 1 heterocycles. The number of ether oxygens (including phenoxy) is 1. The first-order valence-electron chi connectivity index (χ1n) is 12.6. The maximum Gasteiger partial charge on any atom is 0.312 e. The number of aromatic nitrogens is 2. The third-order valence-corrected chi connectivity index (χ3v) is 8.09. The number of hydrogen-bond acceptors (Lipinski definition) is 5. The Morgan fingerprint density at radius 1 is 1.09 bits per heavy atom. The molecule has 0 saturated heterocycles. The van der Waals surface area contributed by atoms with Crippen LogP contribution in [0.4, 0.5) is 0 Å². The number of para-hydroxylation sites is 1. The Kier molecular flexibility index (Phi) is 10.9. The van der Waals surface area contributed by atoms with E-state index in [0.717, 1.165) is 54.3 Å². The number of thioether (sulfide) groups is 1. The molecule has 34 heavy (non-hydrogen) atoms. The highest BCUT2D eigenvalue weighted by Crippen LogP contribution is 2.36. The fraction of sp³-hybridized carbons (Fsp3) is 0.607. The quantitative estimate of drug-likeness (QED) is 0.138. The number of rotatable bonds is 13. The molecule has 0 aliphatic heterocycles. The van der Waals surface area contributed by atoms with Crippen molar-refractivity contribution in [3.63, 3.8) is 0 Å². The molecular weight excluding hydrogens is 444 g/mol. The maximum absolute atomic E-state index is 12.9. The maximum atomic E-state index is 12.9.